The maximum Gasteiger partial charge on any atom is 0.266 e. The Morgan fingerprint density at radius 1 is 1.05 bits per heavy atom. The molecule has 7 rings (SSSR count). The van der Waals surface area contributed by atoms with Crippen LogP contribution in [0.1, 0.15) is 35.2 Å². The second-order valence-corrected chi connectivity index (χ2v) is 10.1. The van der Waals surface area contributed by atoms with E-state index in [2.05, 4.69) is 26.0 Å². The number of fused-ring (bicyclic) bond motifs is 5. The lowest BCUT2D eigenvalue weighted by atomic mass is 10.1. The van der Waals surface area contributed by atoms with Gasteiger partial charge in [0.25, 0.3) is 5.91 Å². The number of aromatic nitrogens is 2. The Balaban J connectivity index is 1.29. The van der Waals surface area contributed by atoms with E-state index in [0.717, 1.165) is 53.5 Å². The number of carbonyl (C=O) groups excluding carboxylic acids is 1. The van der Waals surface area contributed by atoms with E-state index in [4.69, 9.17) is 4.99 Å². The highest BCUT2D eigenvalue weighted by molar-refractivity contribution is 6.22. The monoisotopic (exact) mass is 506 g/mol. The van der Waals surface area contributed by atoms with Crippen LogP contribution in [0.25, 0.3) is 11.3 Å². The summed E-state index contributed by atoms with van der Waals surface area (Å²) in [4.78, 5) is 26.9. The minimum atomic E-state index is -0.308. The number of anilines is 3. The first-order valence-electron chi connectivity index (χ1n) is 13.0. The molecule has 8 heteroatoms. The van der Waals surface area contributed by atoms with Crippen molar-refractivity contribution < 1.29 is 9.18 Å². The number of hydrogen-bond donors (Lipinski definition) is 1. The molecule has 4 aromatic rings. The third kappa shape index (κ3) is 3.67. The molecule has 1 fully saturated rings. The minimum absolute atomic E-state index is 0.0559. The summed E-state index contributed by atoms with van der Waals surface area (Å²) in [7, 11) is 1.82. The summed E-state index contributed by atoms with van der Waals surface area (Å²) in [6.45, 7) is 0.560. The molecule has 190 valence electrons. The number of amides is 1. The van der Waals surface area contributed by atoms with Gasteiger partial charge in [-0.1, -0.05) is 42.5 Å². The highest BCUT2D eigenvalue weighted by atomic mass is 19.1. The van der Waals surface area contributed by atoms with Gasteiger partial charge >= 0.3 is 0 Å². The van der Waals surface area contributed by atoms with E-state index in [-0.39, 0.29) is 23.8 Å². The summed E-state index contributed by atoms with van der Waals surface area (Å²) in [5.41, 5.74) is 5.01. The maximum atomic E-state index is 13.7. The molecule has 0 bridgehead atoms. The van der Waals surface area contributed by atoms with Crippen LogP contribution < -0.4 is 10.2 Å². The summed E-state index contributed by atoms with van der Waals surface area (Å²) in [5, 5.41) is 3.53. The number of aliphatic imine (C=N–C) groups is 1. The zero-order valence-corrected chi connectivity index (χ0v) is 21.0. The molecule has 2 atom stereocenters. The Labute approximate surface area is 220 Å². The molecule has 3 aliphatic rings. The van der Waals surface area contributed by atoms with Crippen molar-refractivity contribution in [3.05, 3.63) is 96.1 Å². The first-order valence-corrected chi connectivity index (χ1v) is 13.0. The number of benzene rings is 2. The smallest absolute Gasteiger partial charge is 0.266 e. The van der Waals surface area contributed by atoms with E-state index >= 15 is 0 Å². The van der Waals surface area contributed by atoms with Crippen LogP contribution in [0.2, 0.25) is 0 Å². The Morgan fingerprint density at radius 2 is 1.87 bits per heavy atom. The van der Waals surface area contributed by atoms with Gasteiger partial charge in [-0.05, 0) is 43.0 Å². The number of hydrogen-bond acceptors (Lipinski definition) is 5. The average molecular weight is 507 g/mol. The van der Waals surface area contributed by atoms with Crippen molar-refractivity contribution in [3.8, 4) is 11.3 Å². The third-order valence-corrected chi connectivity index (χ3v) is 7.77. The summed E-state index contributed by atoms with van der Waals surface area (Å²) < 4.78 is 15.8. The molecule has 0 unspecified atom stereocenters. The predicted molar refractivity (Wildman–Crippen MR) is 146 cm³/mol. The van der Waals surface area contributed by atoms with Crippen molar-refractivity contribution in [2.45, 2.75) is 37.9 Å². The van der Waals surface area contributed by atoms with Gasteiger partial charge in [0.2, 0.25) is 5.96 Å². The Hall–Kier alpha value is -4.46. The standard InChI is InChI=1S/C30H27FN6O/c1-35-29(38)27-26(37-25-9-5-8-23(25)34-30(35)37)18-36(28(27)33-22-6-3-2-4-7-22)17-19-10-12-20(13-11-19)24-16-21(31)14-15-32-24/h2-4,6-7,10-16,18,23,25,33H,5,8-9,17H2,1H3/t23-,25+/m1/s1. The number of para-hydroxylation sites is 1. The topological polar surface area (TPSA) is 65.8 Å². The molecule has 1 saturated carbocycles. The van der Waals surface area contributed by atoms with Crippen LogP contribution in [0.15, 0.2) is 84.1 Å². The van der Waals surface area contributed by atoms with E-state index in [1.807, 2.05) is 61.6 Å². The Bertz CT molecular complexity index is 1560. The molecule has 1 N–H and O–H groups in total. The average Bonchev–Trinajstić information content (AvgIpc) is 3.62. The molecule has 2 aliphatic heterocycles. The van der Waals surface area contributed by atoms with Crippen LogP contribution in [-0.2, 0) is 6.54 Å². The van der Waals surface area contributed by atoms with Crippen LogP contribution in [0.5, 0.6) is 0 Å². The first kappa shape index (κ1) is 22.7. The van der Waals surface area contributed by atoms with Crippen LogP contribution in [0.3, 0.4) is 0 Å². The molecule has 2 aromatic carbocycles. The fraction of sp³-hybridized carbons (Fsp3) is 0.233. The molecular formula is C30H27FN6O. The molecule has 38 heavy (non-hydrogen) atoms. The summed E-state index contributed by atoms with van der Waals surface area (Å²) >= 11 is 0. The second-order valence-electron chi connectivity index (χ2n) is 10.1. The van der Waals surface area contributed by atoms with Gasteiger partial charge < -0.3 is 14.8 Å². The minimum Gasteiger partial charge on any atom is -0.341 e. The quantitative estimate of drug-likeness (QED) is 0.379. The lowest BCUT2D eigenvalue weighted by molar-refractivity contribution is 0.0866. The number of rotatable bonds is 5. The highest BCUT2D eigenvalue weighted by Gasteiger charge is 2.48. The summed E-state index contributed by atoms with van der Waals surface area (Å²) in [6, 6.07) is 21.2. The second kappa shape index (κ2) is 8.83. The molecule has 4 heterocycles. The van der Waals surface area contributed by atoms with Gasteiger partial charge in [0.15, 0.2) is 0 Å². The van der Waals surface area contributed by atoms with Crippen molar-refractivity contribution in [2.24, 2.45) is 4.99 Å². The fourth-order valence-corrected chi connectivity index (χ4v) is 5.92. The molecule has 1 aliphatic carbocycles. The van der Waals surface area contributed by atoms with Crippen LogP contribution in [-0.4, -0.2) is 45.4 Å². The van der Waals surface area contributed by atoms with Gasteiger partial charge in [-0.2, -0.15) is 0 Å². The van der Waals surface area contributed by atoms with Gasteiger partial charge in [-0.25, -0.2) is 9.38 Å². The van der Waals surface area contributed by atoms with Gasteiger partial charge in [-0.15, -0.1) is 0 Å². The molecule has 1 amide bonds. The lowest BCUT2D eigenvalue weighted by Gasteiger charge is -2.35. The molecule has 7 nitrogen and oxygen atoms in total. The number of carbonyl (C=O) groups is 1. The number of pyridine rings is 1. The Morgan fingerprint density at radius 3 is 2.66 bits per heavy atom. The van der Waals surface area contributed by atoms with Gasteiger partial charge in [0, 0.05) is 43.3 Å². The van der Waals surface area contributed by atoms with E-state index in [0.29, 0.717) is 17.8 Å². The van der Waals surface area contributed by atoms with E-state index < -0.39 is 0 Å². The zero-order valence-electron chi connectivity index (χ0n) is 21.0. The van der Waals surface area contributed by atoms with Crippen LogP contribution in [0.4, 0.5) is 21.6 Å². The van der Waals surface area contributed by atoms with Crippen LogP contribution >= 0.6 is 0 Å². The summed E-state index contributed by atoms with van der Waals surface area (Å²) in [6.07, 6.45) is 6.84. The molecule has 0 saturated heterocycles. The van der Waals surface area contributed by atoms with Crippen LogP contribution in [0, 0.1) is 5.82 Å². The molecular weight excluding hydrogens is 479 g/mol. The van der Waals surface area contributed by atoms with Crippen molar-refractivity contribution in [2.75, 3.05) is 17.3 Å². The third-order valence-electron chi connectivity index (χ3n) is 7.77. The largest absolute Gasteiger partial charge is 0.341 e. The SMILES string of the molecule is CN1C(=O)c2c(cn(Cc3ccc(-c4cc(F)ccn4)cc3)c2Nc2ccccc2)N2C1=N[C@@H]1CCC[C@@H]12. The zero-order chi connectivity index (χ0) is 25.8. The van der Waals surface area contributed by atoms with Crippen molar-refractivity contribution >= 4 is 29.1 Å². The normalized spacial score (nSPS) is 19.7. The molecule has 0 spiro atoms. The van der Waals surface area contributed by atoms with E-state index in [1.54, 1.807) is 4.90 Å². The van der Waals surface area contributed by atoms with E-state index in [9.17, 15) is 9.18 Å². The van der Waals surface area contributed by atoms with Crippen molar-refractivity contribution in [1.29, 1.82) is 0 Å². The molecule has 2 aromatic heterocycles. The summed E-state index contributed by atoms with van der Waals surface area (Å²) in [5.74, 6) is 1.16. The van der Waals surface area contributed by atoms with Crippen molar-refractivity contribution in [1.82, 2.24) is 14.5 Å². The molecule has 0 radical (unpaired) electrons. The maximum absolute atomic E-state index is 13.7. The van der Waals surface area contributed by atoms with Gasteiger partial charge in [0.1, 0.15) is 17.2 Å². The first-order chi connectivity index (χ1) is 18.6. The lowest BCUT2D eigenvalue weighted by Crippen LogP contribution is -2.51. The fourth-order valence-electron chi connectivity index (χ4n) is 5.92. The number of nitrogens with zero attached hydrogens (tertiary/aromatic N) is 5. The Kier molecular flexibility index (Phi) is 5.28. The number of halogens is 1. The number of nitrogens with one attached hydrogen (secondary N) is 1. The highest BCUT2D eigenvalue weighted by Crippen LogP contribution is 2.44. The van der Waals surface area contributed by atoms with Gasteiger partial charge in [-0.3, -0.25) is 14.7 Å². The predicted octanol–water partition coefficient (Wildman–Crippen LogP) is 5.66. The van der Waals surface area contributed by atoms with Crippen molar-refractivity contribution in [3.63, 3.8) is 0 Å². The van der Waals surface area contributed by atoms with Gasteiger partial charge in [0.05, 0.1) is 23.5 Å². The number of guanidine groups is 1. The van der Waals surface area contributed by atoms with E-state index in [1.165, 1.54) is 18.3 Å².